The fourth-order valence-corrected chi connectivity index (χ4v) is 5.54. The molecule has 1 saturated carbocycles. The summed E-state index contributed by atoms with van der Waals surface area (Å²) in [5.41, 5.74) is 3.06. The van der Waals surface area contributed by atoms with Crippen LogP contribution in [0.5, 0.6) is 5.75 Å². The zero-order valence-electron chi connectivity index (χ0n) is 21.4. The number of rotatable bonds is 8. The van der Waals surface area contributed by atoms with Gasteiger partial charge in [0.1, 0.15) is 12.4 Å². The highest BCUT2D eigenvalue weighted by Crippen LogP contribution is 2.28. The van der Waals surface area contributed by atoms with Crippen LogP contribution in [0.1, 0.15) is 48.9 Å². The molecule has 1 amide bonds. The van der Waals surface area contributed by atoms with Crippen molar-refractivity contribution in [2.45, 2.75) is 52.2 Å². The zero-order valence-corrected chi connectivity index (χ0v) is 23.0. The van der Waals surface area contributed by atoms with Crippen molar-refractivity contribution >= 4 is 35.7 Å². The largest absolute Gasteiger partial charge is 0.489 e. The fraction of sp³-hybridized carbons (Fsp3) is 0.448. The minimum absolute atomic E-state index is 0. The maximum Gasteiger partial charge on any atom is 0.242 e. The molecule has 2 heterocycles. The number of benzene rings is 2. The van der Waals surface area contributed by atoms with Crippen LogP contribution in [-0.4, -0.2) is 46.8 Å². The van der Waals surface area contributed by atoms with Gasteiger partial charge in [-0.25, -0.2) is 0 Å². The SMILES string of the molecule is Cc1cc(N2CCN(CC3CCCCC3)CC2=O)nn1Cc1cc(Cl)ccc1OCc1ccccc1.Cl. The summed E-state index contributed by atoms with van der Waals surface area (Å²) in [5, 5.41) is 5.47. The zero-order chi connectivity index (χ0) is 24.9. The monoisotopic (exact) mass is 542 g/mol. The molecule has 2 aromatic carbocycles. The number of aryl methyl sites for hydroxylation is 1. The van der Waals surface area contributed by atoms with E-state index in [0.29, 0.717) is 31.3 Å². The molecule has 0 N–H and O–H groups in total. The van der Waals surface area contributed by atoms with E-state index in [4.69, 9.17) is 21.4 Å². The van der Waals surface area contributed by atoms with Gasteiger partial charge in [-0.1, -0.05) is 61.2 Å². The summed E-state index contributed by atoms with van der Waals surface area (Å²) in [5.74, 6) is 2.39. The Balaban J connectivity index is 0.00000320. The third-order valence-electron chi connectivity index (χ3n) is 7.37. The minimum atomic E-state index is 0. The third kappa shape index (κ3) is 7.07. The fourth-order valence-electron chi connectivity index (χ4n) is 5.35. The summed E-state index contributed by atoms with van der Waals surface area (Å²) in [6.07, 6.45) is 6.64. The van der Waals surface area contributed by atoms with Gasteiger partial charge < -0.3 is 4.74 Å². The number of carbonyl (C=O) groups is 1. The first-order valence-electron chi connectivity index (χ1n) is 13.1. The van der Waals surface area contributed by atoms with Gasteiger partial charge >= 0.3 is 0 Å². The lowest BCUT2D eigenvalue weighted by Crippen LogP contribution is -2.51. The molecular weight excluding hydrogens is 507 g/mol. The molecule has 5 rings (SSSR count). The van der Waals surface area contributed by atoms with E-state index in [1.54, 1.807) is 0 Å². The second-order valence-corrected chi connectivity index (χ2v) is 10.5. The van der Waals surface area contributed by atoms with Gasteiger partial charge in [-0.2, -0.15) is 5.10 Å². The summed E-state index contributed by atoms with van der Waals surface area (Å²) < 4.78 is 8.06. The highest BCUT2D eigenvalue weighted by atomic mass is 35.5. The van der Waals surface area contributed by atoms with Gasteiger partial charge in [0, 0.05) is 42.0 Å². The molecule has 37 heavy (non-hydrogen) atoms. The quantitative estimate of drug-likeness (QED) is 0.344. The molecule has 2 fully saturated rings. The second-order valence-electron chi connectivity index (χ2n) is 10.1. The summed E-state index contributed by atoms with van der Waals surface area (Å²) in [4.78, 5) is 17.2. The number of amides is 1. The first-order valence-corrected chi connectivity index (χ1v) is 13.5. The van der Waals surface area contributed by atoms with Crippen molar-refractivity contribution in [2.24, 2.45) is 5.92 Å². The van der Waals surface area contributed by atoms with Gasteiger partial charge in [0.05, 0.1) is 13.1 Å². The van der Waals surface area contributed by atoms with Crippen LogP contribution in [0, 0.1) is 12.8 Å². The van der Waals surface area contributed by atoms with Crippen molar-refractivity contribution in [3.05, 3.63) is 76.4 Å². The number of anilines is 1. The number of hydrogen-bond donors (Lipinski definition) is 0. The number of halogens is 2. The van der Waals surface area contributed by atoms with Crippen LogP contribution < -0.4 is 9.64 Å². The van der Waals surface area contributed by atoms with Crippen molar-refractivity contribution in [1.29, 1.82) is 0 Å². The molecule has 0 atom stereocenters. The molecule has 2 aliphatic rings. The molecular formula is C29H36Cl2N4O2. The summed E-state index contributed by atoms with van der Waals surface area (Å²) in [6.45, 7) is 6.15. The van der Waals surface area contributed by atoms with Crippen molar-refractivity contribution in [3.63, 3.8) is 0 Å². The van der Waals surface area contributed by atoms with Gasteiger partial charge in [-0.15, -0.1) is 12.4 Å². The van der Waals surface area contributed by atoms with Crippen LogP contribution in [-0.2, 0) is 17.9 Å². The first kappa shape index (κ1) is 27.5. The van der Waals surface area contributed by atoms with E-state index in [9.17, 15) is 4.79 Å². The Hall–Kier alpha value is -2.54. The van der Waals surface area contributed by atoms with Crippen LogP contribution in [0.25, 0.3) is 0 Å². The molecule has 8 heteroatoms. The Kier molecular flexibility index (Phi) is 9.52. The molecule has 6 nitrogen and oxygen atoms in total. The average molecular weight is 544 g/mol. The predicted molar refractivity (Wildman–Crippen MR) is 151 cm³/mol. The van der Waals surface area contributed by atoms with Crippen molar-refractivity contribution < 1.29 is 9.53 Å². The van der Waals surface area contributed by atoms with Crippen LogP contribution in [0.15, 0.2) is 54.6 Å². The van der Waals surface area contributed by atoms with Crippen LogP contribution >= 0.6 is 24.0 Å². The first-order chi connectivity index (χ1) is 17.5. The molecule has 0 spiro atoms. The molecule has 1 saturated heterocycles. The lowest BCUT2D eigenvalue weighted by Gasteiger charge is -2.35. The number of carbonyl (C=O) groups excluding carboxylic acids is 1. The Morgan fingerprint density at radius 2 is 1.81 bits per heavy atom. The molecule has 1 aromatic heterocycles. The molecule has 1 aliphatic heterocycles. The summed E-state index contributed by atoms with van der Waals surface area (Å²) >= 11 is 6.33. The summed E-state index contributed by atoms with van der Waals surface area (Å²) in [7, 11) is 0. The summed E-state index contributed by atoms with van der Waals surface area (Å²) in [6, 6.07) is 17.8. The second kappa shape index (κ2) is 12.8. The Morgan fingerprint density at radius 3 is 2.57 bits per heavy atom. The van der Waals surface area contributed by atoms with Crippen molar-refractivity contribution in [2.75, 3.05) is 31.1 Å². The Morgan fingerprint density at radius 1 is 1.03 bits per heavy atom. The number of nitrogens with zero attached hydrogens (tertiary/aromatic N) is 4. The Bertz CT molecular complexity index is 1180. The third-order valence-corrected chi connectivity index (χ3v) is 7.60. The topological polar surface area (TPSA) is 50.6 Å². The van der Waals surface area contributed by atoms with E-state index in [1.165, 1.54) is 32.1 Å². The molecule has 1 aliphatic carbocycles. The van der Waals surface area contributed by atoms with Crippen molar-refractivity contribution in [1.82, 2.24) is 14.7 Å². The van der Waals surface area contributed by atoms with E-state index in [2.05, 4.69) is 4.90 Å². The molecule has 3 aromatic rings. The lowest BCUT2D eigenvalue weighted by atomic mass is 9.89. The highest BCUT2D eigenvalue weighted by molar-refractivity contribution is 6.30. The van der Waals surface area contributed by atoms with E-state index in [-0.39, 0.29) is 18.3 Å². The number of hydrogen-bond acceptors (Lipinski definition) is 4. The normalized spacial score (nSPS) is 17.0. The molecule has 0 unspecified atom stereocenters. The van der Waals surface area contributed by atoms with Crippen molar-refractivity contribution in [3.8, 4) is 5.75 Å². The van der Waals surface area contributed by atoms with Crippen LogP contribution in [0.2, 0.25) is 5.02 Å². The molecule has 0 radical (unpaired) electrons. The highest BCUT2D eigenvalue weighted by Gasteiger charge is 2.29. The van der Waals surface area contributed by atoms with Crippen LogP contribution in [0.3, 0.4) is 0 Å². The van der Waals surface area contributed by atoms with Gasteiger partial charge in [0.2, 0.25) is 5.91 Å². The minimum Gasteiger partial charge on any atom is -0.489 e. The average Bonchev–Trinajstić information content (AvgIpc) is 3.24. The lowest BCUT2D eigenvalue weighted by molar-refractivity contribution is -0.121. The van der Waals surface area contributed by atoms with E-state index in [0.717, 1.165) is 47.4 Å². The maximum absolute atomic E-state index is 13.0. The van der Waals surface area contributed by atoms with Gasteiger partial charge in [-0.05, 0) is 49.4 Å². The maximum atomic E-state index is 13.0. The molecule has 0 bridgehead atoms. The number of aromatic nitrogens is 2. The van der Waals surface area contributed by atoms with Gasteiger partial charge in [0.15, 0.2) is 5.82 Å². The standard InChI is InChI=1S/C29H35ClN4O2.ClH/c1-22-16-28(33-15-14-32(20-29(33)35)18-23-8-4-2-5-9-23)31-34(22)19-25-17-26(30)12-13-27(25)36-21-24-10-6-3-7-11-24;/h3,6-7,10-13,16-17,23H,2,4-5,8-9,14-15,18-21H2,1H3;1H. The number of piperazine rings is 1. The predicted octanol–water partition coefficient (Wildman–Crippen LogP) is 6.12. The van der Waals surface area contributed by atoms with Crippen LogP contribution in [0.4, 0.5) is 5.82 Å². The number of ether oxygens (including phenoxy) is 1. The Labute approximate surface area is 231 Å². The van der Waals surface area contributed by atoms with E-state index < -0.39 is 0 Å². The smallest absolute Gasteiger partial charge is 0.242 e. The van der Waals surface area contributed by atoms with E-state index in [1.807, 2.05) is 71.1 Å². The van der Waals surface area contributed by atoms with Gasteiger partial charge in [-0.3, -0.25) is 19.3 Å². The van der Waals surface area contributed by atoms with E-state index >= 15 is 0 Å². The van der Waals surface area contributed by atoms with Gasteiger partial charge in [0.25, 0.3) is 0 Å². The molecule has 198 valence electrons.